The average Bonchev–Trinajstić information content (AvgIpc) is 4.24. The van der Waals surface area contributed by atoms with Crippen LogP contribution in [0.3, 0.4) is 0 Å². The van der Waals surface area contributed by atoms with Gasteiger partial charge in [0, 0.05) is 46.3 Å². The highest BCUT2D eigenvalue weighted by Gasteiger charge is 2.45. The number of ether oxygens (including phenoxy) is 1. The minimum absolute atomic E-state index is 0.178. The van der Waals surface area contributed by atoms with E-state index in [1.807, 2.05) is 30.5 Å². The molecule has 5 aromatic rings. The van der Waals surface area contributed by atoms with Crippen LogP contribution < -0.4 is 42.4 Å². The molecule has 8 amide bonds. The smallest absolute Gasteiger partial charge is 0.247 e. The monoisotopic (exact) mass is 1140 g/mol. The number of rotatable bonds is 9. The fourth-order valence-corrected chi connectivity index (χ4v) is 11.4. The zero-order chi connectivity index (χ0) is 56.9. The number of hydrogen-bond donors (Lipinski definition) is 8. The predicted molar refractivity (Wildman–Crippen MR) is 296 cm³/mol. The van der Waals surface area contributed by atoms with Crippen molar-refractivity contribution in [1.29, 1.82) is 0 Å². The summed E-state index contributed by atoms with van der Waals surface area (Å²) in [6, 6.07) is 13.4. The highest BCUT2D eigenvalue weighted by Crippen LogP contribution is 2.35. The zero-order valence-corrected chi connectivity index (χ0v) is 46.5. The van der Waals surface area contributed by atoms with Crippen LogP contribution in [0.1, 0.15) is 79.6 Å². The van der Waals surface area contributed by atoms with E-state index in [4.69, 9.17) is 27.1 Å². The molecule has 79 heavy (non-hydrogen) atoms. The topological polar surface area (TPSA) is 311 Å². The summed E-state index contributed by atoms with van der Waals surface area (Å²) in [5, 5.41) is 37.9. The number of nitrogens with one attached hydrogen (secondary N) is 6. The van der Waals surface area contributed by atoms with Crippen LogP contribution in [-0.2, 0) is 38.4 Å². The Labute approximate surface area is 468 Å². The number of primary amides is 1. The third kappa shape index (κ3) is 13.4. The lowest BCUT2D eigenvalue weighted by Gasteiger charge is -2.35. The van der Waals surface area contributed by atoms with Crippen molar-refractivity contribution in [1.82, 2.24) is 51.6 Å². The summed E-state index contributed by atoms with van der Waals surface area (Å²) < 4.78 is 7.36. The highest BCUT2D eigenvalue weighted by molar-refractivity contribution is 8.00. The van der Waals surface area contributed by atoms with E-state index >= 15 is 0 Å². The number of nitrogens with zero attached hydrogens (tertiary/aromatic N) is 5. The van der Waals surface area contributed by atoms with Crippen LogP contribution in [0.4, 0.5) is 0 Å². The van der Waals surface area contributed by atoms with Crippen LogP contribution in [0.5, 0.6) is 5.75 Å². The minimum atomic E-state index is -1.59. The average molecular weight is 1140 g/mol. The van der Waals surface area contributed by atoms with Gasteiger partial charge in [-0.25, -0.2) is 0 Å². The third-order valence-electron chi connectivity index (χ3n) is 13.6. The third-order valence-corrected chi connectivity index (χ3v) is 15.9. The number of aliphatic imine (C=N–C) groups is 1. The molecule has 5 heterocycles. The van der Waals surface area contributed by atoms with Crippen LogP contribution in [0, 0.1) is 19.3 Å². The molecule has 2 saturated heterocycles. The Bertz CT molecular complexity index is 3200. The van der Waals surface area contributed by atoms with E-state index in [1.165, 1.54) is 23.3 Å². The quantitative estimate of drug-likeness (QED) is 0.105. The Balaban J connectivity index is 1.08. The number of fused-ring (bicyclic) bond motifs is 4. The van der Waals surface area contributed by atoms with Gasteiger partial charge < -0.3 is 52.4 Å². The van der Waals surface area contributed by atoms with E-state index in [9.17, 15) is 43.5 Å². The number of carbonyl (C=O) groups is 8. The van der Waals surface area contributed by atoms with Gasteiger partial charge in [0.1, 0.15) is 47.8 Å². The summed E-state index contributed by atoms with van der Waals surface area (Å²) in [5.74, 6) is -5.55. The molecule has 3 aliphatic rings. The maximum Gasteiger partial charge on any atom is 0.247 e. The van der Waals surface area contributed by atoms with E-state index < -0.39 is 108 Å². The lowest BCUT2D eigenvalue weighted by molar-refractivity contribution is -0.144. The van der Waals surface area contributed by atoms with Gasteiger partial charge in [0.2, 0.25) is 47.3 Å². The second-order valence-electron chi connectivity index (χ2n) is 20.4. The van der Waals surface area contributed by atoms with Gasteiger partial charge in [0.05, 0.1) is 43.3 Å². The van der Waals surface area contributed by atoms with Crippen LogP contribution in [0.25, 0.3) is 16.1 Å². The Morgan fingerprint density at radius 1 is 0.886 bits per heavy atom. The number of methoxy groups -OCH3 is 1. The number of halogens is 1. The predicted octanol–water partition coefficient (Wildman–Crippen LogP) is 2.34. The molecule has 2 aromatic heterocycles. The molecule has 7 atom stereocenters. The number of aromatic nitrogens is 3. The molecule has 0 saturated carbocycles. The van der Waals surface area contributed by atoms with Crippen molar-refractivity contribution in [2.75, 3.05) is 38.2 Å². The summed E-state index contributed by atoms with van der Waals surface area (Å²) >= 11 is 8.72. The highest BCUT2D eigenvalue weighted by atomic mass is 35.5. The van der Waals surface area contributed by atoms with Crippen molar-refractivity contribution in [3.05, 3.63) is 117 Å². The molecule has 22 nitrogen and oxygen atoms in total. The van der Waals surface area contributed by atoms with Gasteiger partial charge in [-0.2, -0.15) is 0 Å². The fraction of sp³-hybridized carbons (Fsp3) is 0.389. The lowest BCUT2D eigenvalue weighted by atomic mass is 9.85. The van der Waals surface area contributed by atoms with Gasteiger partial charge in [-0.15, -0.1) is 33.3 Å². The summed E-state index contributed by atoms with van der Waals surface area (Å²) in [7, 11) is 1.54. The Kier molecular flexibility index (Phi) is 17.9. The molecule has 0 aliphatic carbocycles. The van der Waals surface area contributed by atoms with Gasteiger partial charge >= 0.3 is 0 Å². The molecule has 25 heteroatoms. The largest absolute Gasteiger partial charge is 0.497 e. The molecule has 0 unspecified atom stereocenters. The van der Waals surface area contributed by atoms with Gasteiger partial charge in [-0.1, -0.05) is 68.8 Å². The Morgan fingerprint density at radius 2 is 1.61 bits per heavy atom. The SMILES string of the molecule is COc1ccc2c(c1)C(c1ccc(Cl)cc1)=N[C@@H](CC(=O)NC[C@H]1NC(=O)CNC(=O)[C@@H](c3ccc(-c4sccc4C)cc3)NC(=O)[C@@H]3C[C@@H](O)CN3C(=O)[C@H](C(C)(C)C)NC(=O)CSC[C@H](C(N)=O)NC1=O)c1nnc(C)n1-2. The summed E-state index contributed by atoms with van der Waals surface area (Å²) in [6.45, 7) is 7.34. The van der Waals surface area contributed by atoms with Crippen molar-refractivity contribution in [3.63, 3.8) is 0 Å². The van der Waals surface area contributed by atoms with Gasteiger partial charge in [0.25, 0.3) is 0 Å². The number of nitrogens with two attached hydrogens (primary N) is 1. The molecule has 0 radical (unpaired) electrons. The first-order valence-corrected chi connectivity index (χ1v) is 27.7. The van der Waals surface area contributed by atoms with Crippen molar-refractivity contribution < 1.29 is 48.2 Å². The number of benzene rings is 3. The Morgan fingerprint density at radius 3 is 2.28 bits per heavy atom. The van der Waals surface area contributed by atoms with Crippen LogP contribution in [-0.4, -0.2) is 146 Å². The number of hydrogen-bond acceptors (Lipinski definition) is 15. The number of aryl methyl sites for hydroxylation is 2. The van der Waals surface area contributed by atoms with Crippen LogP contribution in [0.2, 0.25) is 5.02 Å². The van der Waals surface area contributed by atoms with Crippen LogP contribution >= 0.6 is 34.7 Å². The minimum Gasteiger partial charge on any atom is -0.497 e. The molecule has 416 valence electrons. The van der Waals surface area contributed by atoms with Crippen molar-refractivity contribution >= 4 is 87.7 Å². The second kappa shape index (κ2) is 24.6. The van der Waals surface area contributed by atoms with Gasteiger partial charge in [-0.05, 0) is 77.7 Å². The molecule has 8 rings (SSSR count). The van der Waals surface area contributed by atoms with E-state index in [-0.39, 0.29) is 30.9 Å². The van der Waals surface area contributed by atoms with E-state index in [1.54, 1.807) is 86.9 Å². The van der Waals surface area contributed by atoms with Gasteiger partial charge in [0.15, 0.2) is 5.82 Å². The molecule has 9 N–H and O–H groups in total. The number of carbonyl (C=O) groups excluding carboxylic acids is 8. The van der Waals surface area contributed by atoms with E-state index in [2.05, 4.69) is 42.1 Å². The first-order valence-electron chi connectivity index (χ1n) is 25.3. The van der Waals surface area contributed by atoms with Crippen molar-refractivity contribution in [2.24, 2.45) is 16.1 Å². The number of thiophene rings is 1. The molecule has 3 aliphatic heterocycles. The normalized spacial score (nSPS) is 22.7. The number of aliphatic hydroxyl groups excluding tert-OH is 1. The summed E-state index contributed by atoms with van der Waals surface area (Å²) in [5.41, 5.74) is 9.53. The summed E-state index contributed by atoms with van der Waals surface area (Å²) in [4.78, 5) is 119. The number of amides is 8. The maximum absolute atomic E-state index is 14.4. The first-order chi connectivity index (χ1) is 37.6. The van der Waals surface area contributed by atoms with Crippen molar-refractivity contribution in [2.45, 2.75) is 89.8 Å². The maximum atomic E-state index is 14.4. The van der Waals surface area contributed by atoms with E-state index in [0.29, 0.717) is 50.5 Å². The lowest BCUT2D eigenvalue weighted by Crippen LogP contribution is -2.58. The van der Waals surface area contributed by atoms with Crippen molar-refractivity contribution in [3.8, 4) is 21.9 Å². The standard InChI is InChI=1S/C54H61ClN12O10S2/c1-27-17-18-79-46(27)31-9-7-30(8-10-31)45-52(75)58-23-42(70)59-37(50(73)61-38(48(56)72)25-78-26-43(71)62-47(54(3,4)5)53(76)66-24-33(68)19-40(66)51(74)63-45)22-57-41(69)21-36-49-65-64-28(2)67(49)39-16-15-34(77-6)20-35(39)44(60-36)29-11-13-32(55)14-12-29/h7-18,20,33,36-38,40,45,47,68H,19,21-26H2,1-6H3,(H2,56,72)(H,57,69)(H,58,75)(H,59,70)(H,61,73)(H,62,71)(H,63,74)/t33-,36+,37-,38-,40+,45-,47-/m1/s1. The Hall–Kier alpha value is -7.67. The second-order valence-corrected chi connectivity index (χ2v) is 22.8. The van der Waals surface area contributed by atoms with E-state index in [0.717, 1.165) is 27.8 Å². The fourth-order valence-electron chi connectivity index (χ4n) is 9.46. The molecular weight excluding hydrogens is 1080 g/mol. The van der Waals surface area contributed by atoms with Crippen LogP contribution in [0.15, 0.2) is 83.2 Å². The number of aliphatic hydroxyl groups is 1. The molecular formula is C54H61ClN12O10S2. The number of thioether (sulfide) groups is 1. The molecule has 0 spiro atoms. The van der Waals surface area contributed by atoms with Gasteiger partial charge in [-0.3, -0.25) is 47.9 Å². The first kappa shape index (κ1) is 57.5. The zero-order valence-electron chi connectivity index (χ0n) is 44.1. The molecule has 2 fully saturated rings. The molecule has 3 aromatic carbocycles. The summed E-state index contributed by atoms with van der Waals surface area (Å²) in [6.07, 6.45) is -1.63. The molecule has 0 bridgehead atoms.